The maximum atomic E-state index is 9.37. The molecule has 0 spiro atoms. The highest BCUT2D eigenvalue weighted by Gasteiger charge is 2.25. The lowest BCUT2D eigenvalue weighted by Gasteiger charge is -2.27. The Morgan fingerprint density at radius 2 is 0.702 bits per heavy atom. The molecule has 758 valence electrons. The van der Waals surface area contributed by atoms with Crippen molar-refractivity contribution in [2.75, 3.05) is 192 Å². The highest BCUT2D eigenvalue weighted by atomic mass is 16.6. The van der Waals surface area contributed by atoms with Crippen molar-refractivity contribution in [2.24, 2.45) is 11.8 Å². The molecule has 1 fully saturated rings. The van der Waals surface area contributed by atoms with Gasteiger partial charge in [-0.15, -0.1) is 0 Å². The minimum absolute atomic E-state index is 0.0408. The summed E-state index contributed by atoms with van der Waals surface area (Å²) in [4.78, 5) is 0. The Kier molecular flexibility index (Phi) is 124. The Hall–Kier alpha value is -1.88. The second-order valence-electron chi connectivity index (χ2n) is 31.7. The summed E-state index contributed by atoms with van der Waals surface area (Å²) in [6.45, 7) is 36.9. The molecule has 0 aromatic heterocycles. The fourth-order valence-electron chi connectivity index (χ4n) is 9.08. The molecule has 1 saturated carbocycles. The topological polar surface area (TPSA) is 556 Å². The molecular weight excluding hydrogens is 1620 g/mol. The van der Waals surface area contributed by atoms with Crippen LogP contribution in [-0.2, 0) is 56.8 Å². The second kappa shape index (κ2) is 110. The predicted molar refractivity (Wildman–Crippen MR) is 484 cm³/mol. The molecule has 14 unspecified atom stereocenters. The van der Waals surface area contributed by atoms with Gasteiger partial charge in [-0.3, -0.25) is 0 Å². The molecule has 0 amide bonds. The molecule has 34 heteroatoms. The van der Waals surface area contributed by atoms with E-state index in [0.717, 1.165) is 96.7 Å². The van der Waals surface area contributed by atoms with Crippen LogP contribution in [0.4, 0.5) is 0 Å². The number of allylic oxidation sites excluding steroid dienone is 2. The van der Waals surface area contributed by atoms with E-state index in [1.54, 1.807) is 0 Å². The average molecular weight is 1820 g/mol. The van der Waals surface area contributed by atoms with Gasteiger partial charge in [0.2, 0.25) is 0 Å². The summed E-state index contributed by atoms with van der Waals surface area (Å²) in [6, 6.07) is 0. The monoisotopic (exact) mass is 1820 g/mol. The van der Waals surface area contributed by atoms with Crippen LogP contribution in [0.15, 0.2) is 24.3 Å². The summed E-state index contributed by atoms with van der Waals surface area (Å²) in [5.74, 6) is -0.321. The first kappa shape index (κ1) is 140. The van der Waals surface area contributed by atoms with E-state index in [0.29, 0.717) is 57.6 Å². The van der Waals surface area contributed by atoms with Gasteiger partial charge in [0.25, 0.3) is 0 Å². The fourth-order valence-corrected chi connectivity index (χ4v) is 9.08. The van der Waals surface area contributed by atoms with Crippen LogP contribution in [0.1, 0.15) is 258 Å². The zero-order valence-corrected chi connectivity index (χ0v) is 80.1. The van der Waals surface area contributed by atoms with Crippen molar-refractivity contribution in [2.45, 2.75) is 355 Å². The van der Waals surface area contributed by atoms with Gasteiger partial charge < -0.3 is 169 Å². The highest BCUT2D eigenvalue weighted by Crippen LogP contribution is 2.22. The van der Waals surface area contributed by atoms with Crippen LogP contribution in [0.2, 0.25) is 0 Å². The summed E-state index contributed by atoms with van der Waals surface area (Å²) in [7, 11) is 0. The molecule has 0 radical (unpaired) electrons. The molecule has 0 aromatic carbocycles. The molecule has 3 aliphatic rings. The van der Waals surface area contributed by atoms with E-state index in [9.17, 15) is 5.11 Å². The molecule has 34 nitrogen and oxygen atoms in total. The van der Waals surface area contributed by atoms with Gasteiger partial charge in [-0.2, -0.15) is 0 Å². The van der Waals surface area contributed by atoms with Gasteiger partial charge in [0.05, 0.1) is 169 Å². The summed E-state index contributed by atoms with van der Waals surface area (Å²) in [5, 5.41) is 191. The van der Waals surface area contributed by atoms with E-state index in [1.165, 1.54) is 71.1 Å². The number of hydrogen-bond acceptors (Lipinski definition) is 34. The van der Waals surface area contributed by atoms with Crippen LogP contribution in [-0.4, -0.2) is 401 Å². The summed E-state index contributed by atoms with van der Waals surface area (Å²) in [6.07, 6.45) is 27.8. The number of ether oxygens (including phenoxy) is 12. The molecule has 3 rings (SSSR count). The zero-order valence-electron chi connectivity index (χ0n) is 80.1. The third-order valence-corrected chi connectivity index (χ3v) is 16.3. The quantitative estimate of drug-likeness (QED) is 0.0213. The molecule has 0 bridgehead atoms. The Morgan fingerprint density at radius 1 is 0.339 bits per heavy atom. The van der Waals surface area contributed by atoms with Gasteiger partial charge in [-0.25, -0.2) is 0 Å². The first-order valence-electron chi connectivity index (χ1n) is 45.7. The van der Waals surface area contributed by atoms with Crippen molar-refractivity contribution in [3.8, 4) is 0 Å². The Balaban J connectivity index is -0.000000167. The summed E-state index contributed by atoms with van der Waals surface area (Å²) >= 11 is 0. The van der Waals surface area contributed by atoms with Gasteiger partial charge >= 0.3 is 0 Å². The normalized spacial score (nSPS) is 17.2. The van der Waals surface area contributed by atoms with E-state index < -0.39 is 66.8 Å². The van der Waals surface area contributed by atoms with Crippen molar-refractivity contribution in [1.29, 1.82) is 0 Å². The standard InChI is InChI=1S/2C11H24O3.2C9H16O3.C8H16O3.3C7H16O3.2C6H14O3.C5H12O3.C4H10O/c1-3-5-6-10(4-2)8-14-9-11(13)7-12;1-2-3-4-5-6-7-8-14-10-11(13)9-12;1-9(11,7-10)12-8-5-3-2-4-6-8;10-6-8(11)7-12-9-4-2-1-3-5-9;9-5-7(10)6-11-8-3-1-2-4-8;1-7(2,3)10-5-6(9)4-8;1-6(2)4-10-5-7(9)3-8;1-2-3-4-10-6-7(9)5-8;1-5(2)9-4-6(8)3-7;1-2-3-9-5-6(8)4-7;1-2-8-4-5(7)3-6;1-3-5-4-2/h10-13H,3-9H2,1-2H3;11-13H,2-10H2,1H3;3,5,8,10-11H,2,4,6-7H2,1H3;2,4,8-11H,1,3,5-7H2;7-10H,1-6H2;6,8-9H,4-5H2,1-3H3;6-9H,3-5H2,1-2H3;7-9H,2-6H2,1H3;5-8H,3-4H2,1-2H3;6-8H,2-5H2,1H3;5-7H,2-4H2,1H3;3-4H2,1-2H3. The van der Waals surface area contributed by atoms with Gasteiger partial charge in [-0.05, 0) is 151 Å². The number of unbranched alkanes of at least 4 members (excludes halogenated alkanes) is 7. The summed E-state index contributed by atoms with van der Waals surface area (Å²) < 4.78 is 61.2. The van der Waals surface area contributed by atoms with Crippen LogP contribution in [0, 0.1) is 11.8 Å². The lowest BCUT2D eigenvalue weighted by Crippen LogP contribution is -2.36. The van der Waals surface area contributed by atoms with Gasteiger partial charge in [0.15, 0.2) is 5.79 Å². The lowest BCUT2D eigenvalue weighted by molar-refractivity contribution is -0.228. The molecule has 124 heavy (non-hydrogen) atoms. The number of aliphatic hydroxyl groups excluding tert-OH is 21. The lowest BCUT2D eigenvalue weighted by atomic mass is 10.0. The van der Waals surface area contributed by atoms with Gasteiger partial charge in [0.1, 0.15) is 61.0 Å². The van der Waals surface area contributed by atoms with Crippen molar-refractivity contribution < 1.29 is 169 Å². The Morgan fingerprint density at radius 3 is 1.06 bits per heavy atom. The summed E-state index contributed by atoms with van der Waals surface area (Å²) in [5.41, 5.74) is -0.240. The van der Waals surface area contributed by atoms with Crippen LogP contribution in [0.5, 0.6) is 0 Å². The zero-order chi connectivity index (χ0) is 96.3. The van der Waals surface area contributed by atoms with E-state index >= 15 is 0 Å². The first-order chi connectivity index (χ1) is 59.0. The van der Waals surface area contributed by atoms with E-state index in [-0.39, 0.29) is 163 Å². The average Bonchev–Trinajstić information content (AvgIpc) is 1.09. The van der Waals surface area contributed by atoms with Crippen molar-refractivity contribution in [1.82, 2.24) is 0 Å². The minimum atomic E-state index is -1.40. The van der Waals surface area contributed by atoms with Crippen LogP contribution in [0.3, 0.4) is 0 Å². The van der Waals surface area contributed by atoms with E-state index in [2.05, 4.69) is 33.8 Å². The first-order valence-corrected chi connectivity index (χ1v) is 45.7. The SMILES string of the molecule is CC(C)(C)OCC(O)CO.CC(C)COCC(O)CO.CC(C)OCC(O)CO.CC(O)(CO)OC1C=CCCC1.CCCCC(CC)COCC(O)CO.CCCCCCCCOCC(O)CO.CCCCOCC(O)CO.CCCOCC(O)CO.CCOCC.CCOCC(O)CO.OCC(O)COC1C=CCCC1.OCC(O)COC1CCCC1. The van der Waals surface area contributed by atoms with Crippen LogP contribution < -0.4 is 0 Å². The third kappa shape index (κ3) is 129. The number of rotatable bonds is 59. The second-order valence-corrected chi connectivity index (χ2v) is 31.7. The molecule has 14 atom stereocenters. The van der Waals surface area contributed by atoms with E-state index in [4.69, 9.17) is 164 Å². The van der Waals surface area contributed by atoms with Crippen LogP contribution >= 0.6 is 0 Å². The minimum Gasteiger partial charge on any atom is -0.394 e. The maximum absolute atomic E-state index is 9.37. The molecule has 0 heterocycles. The van der Waals surface area contributed by atoms with Gasteiger partial charge in [-0.1, -0.05) is 143 Å². The van der Waals surface area contributed by atoms with Gasteiger partial charge in [0, 0.05) is 52.9 Å². The molecule has 22 N–H and O–H groups in total. The third-order valence-electron chi connectivity index (χ3n) is 16.3. The molecule has 0 aliphatic heterocycles. The smallest absolute Gasteiger partial charge is 0.186 e. The van der Waals surface area contributed by atoms with Crippen molar-refractivity contribution >= 4 is 0 Å². The van der Waals surface area contributed by atoms with Crippen molar-refractivity contribution in [3.05, 3.63) is 24.3 Å². The molecule has 3 aliphatic carbocycles. The predicted octanol–water partition coefficient (Wildman–Crippen LogP) is 5.14. The Bertz CT molecular complexity index is 1970. The molecular formula is C90H194O34. The molecule has 0 aromatic rings. The Labute approximate surface area is 749 Å². The largest absolute Gasteiger partial charge is 0.394 e. The van der Waals surface area contributed by atoms with E-state index in [1.807, 2.05) is 94.4 Å². The van der Waals surface area contributed by atoms with Crippen molar-refractivity contribution in [3.63, 3.8) is 0 Å². The maximum Gasteiger partial charge on any atom is 0.186 e. The number of aliphatic hydroxyl groups is 22. The fraction of sp³-hybridized carbons (Fsp3) is 0.956. The highest BCUT2D eigenvalue weighted by molar-refractivity contribution is 4.95. The van der Waals surface area contributed by atoms with Crippen LogP contribution in [0.25, 0.3) is 0 Å². The molecule has 0 saturated heterocycles. The number of hydrogen-bond donors (Lipinski definition) is 22.